The molecule has 0 fully saturated rings. The van der Waals surface area contributed by atoms with Crippen LogP contribution in [0.5, 0.6) is 0 Å². The molecule has 0 rings (SSSR count). The number of nitrogens with one attached hydrogen (secondary N) is 1. The molecule has 0 aliphatic rings. The molecule has 6 heteroatoms. The summed E-state index contributed by atoms with van der Waals surface area (Å²) < 4.78 is 14.9. The van der Waals surface area contributed by atoms with Gasteiger partial charge in [-0.3, -0.25) is 4.79 Å². The fourth-order valence-corrected chi connectivity index (χ4v) is 1.45. The minimum absolute atomic E-state index is 0.0426. The van der Waals surface area contributed by atoms with Gasteiger partial charge in [-0.1, -0.05) is 0 Å². The number of carbonyl (C=O) groups excluding carboxylic acids is 1. The lowest BCUT2D eigenvalue weighted by Crippen LogP contribution is -2.30. The lowest BCUT2D eigenvalue weighted by Gasteiger charge is -2.11. The Labute approximate surface area is 115 Å². The van der Waals surface area contributed by atoms with Gasteiger partial charge in [0.25, 0.3) is 0 Å². The van der Waals surface area contributed by atoms with Gasteiger partial charge in [-0.15, -0.1) is 0 Å². The zero-order valence-electron chi connectivity index (χ0n) is 12.0. The lowest BCUT2D eigenvalue weighted by atomic mass is 10.2. The van der Waals surface area contributed by atoms with E-state index in [4.69, 9.17) is 14.2 Å². The fraction of sp³-hybridized carbons (Fsp3) is 0.923. The highest BCUT2D eigenvalue weighted by Gasteiger charge is 2.10. The Balaban J connectivity index is 3.22. The van der Waals surface area contributed by atoms with Gasteiger partial charge in [0.1, 0.15) is 0 Å². The third-order valence-corrected chi connectivity index (χ3v) is 2.41. The van der Waals surface area contributed by atoms with Gasteiger partial charge in [-0.25, -0.2) is 0 Å². The number of hydrogen-bond donors (Lipinski definition) is 2. The molecular formula is C13H27NO5. The van der Waals surface area contributed by atoms with Gasteiger partial charge in [0.15, 0.2) is 0 Å². The van der Waals surface area contributed by atoms with E-state index in [9.17, 15) is 9.90 Å². The van der Waals surface area contributed by atoms with Crippen LogP contribution in [0.4, 0.5) is 0 Å². The van der Waals surface area contributed by atoms with Gasteiger partial charge in [-0.2, -0.15) is 0 Å². The summed E-state index contributed by atoms with van der Waals surface area (Å²) in [4.78, 5) is 11.1. The van der Waals surface area contributed by atoms with Crippen molar-refractivity contribution in [1.29, 1.82) is 0 Å². The molecule has 114 valence electrons. The average Bonchev–Trinajstić information content (AvgIpc) is 2.37. The Morgan fingerprint density at radius 1 is 1.26 bits per heavy atom. The Morgan fingerprint density at radius 2 is 2.05 bits per heavy atom. The number of ether oxygens (including phenoxy) is 3. The van der Waals surface area contributed by atoms with E-state index in [0.29, 0.717) is 26.4 Å². The molecule has 0 radical (unpaired) electrons. The number of aliphatic hydroxyl groups is 1. The second-order valence-corrected chi connectivity index (χ2v) is 4.18. The van der Waals surface area contributed by atoms with Crippen molar-refractivity contribution in [1.82, 2.24) is 5.32 Å². The molecule has 6 nitrogen and oxygen atoms in total. The zero-order chi connectivity index (χ0) is 14.3. The number of methoxy groups -OCH3 is 1. The number of carbonyl (C=O) groups is 1. The molecule has 0 aromatic heterocycles. The summed E-state index contributed by atoms with van der Waals surface area (Å²) in [6.07, 6.45) is 1.29. The first-order valence-electron chi connectivity index (χ1n) is 6.81. The number of hydrogen-bond acceptors (Lipinski definition) is 6. The highest BCUT2D eigenvalue weighted by atomic mass is 16.5. The quantitative estimate of drug-likeness (QED) is 0.373. The molecule has 0 bridgehead atoms. The van der Waals surface area contributed by atoms with Crippen LogP contribution in [-0.4, -0.2) is 63.8 Å². The van der Waals surface area contributed by atoms with Gasteiger partial charge in [0, 0.05) is 20.3 Å². The molecule has 0 aromatic carbocycles. The highest BCUT2D eigenvalue weighted by molar-refractivity contribution is 5.69. The summed E-state index contributed by atoms with van der Waals surface area (Å²) in [5, 5.41) is 12.6. The first-order valence-corrected chi connectivity index (χ1v) is 6.81. The van der Waals surface area contributed by atoms with Crippen molar-refractivity contribution >= 4 is 5.97 Å². The average molecular weight is 277 g/mol. The Kier molecular flexibility index (Phi) is 13.2. The summed E-state index contributed by atoms with van der Waals surface area (Å²) in [7, 11) is 1.65. The van der Waals surface area contributed by atoms with Crippen LogP contribution < -0.4 is 5.32 Å². The summed E-state index contributed by atoms with van der Waals surface area (Å²) in [5.74, 6) is -0.358. The molecule has 0 saturated carbocycles. The van der Waals surface area contributed by atoms with Crippen LogP contribution in [0.15, 0.2) is 0 Å². The first kappa shape index (κ1) is 18.3. The van der Waals surface area contributed by atoms with Crippen LogP contribution in [-0.2, 0) is 19.0 Å². The van der Waals surface area contributed by atoms with Crippen molar-refractivity contribution in [3.63, 3.8) is 0 Å². The monoisotopic (exact) mass is 277 g/mol. The van der Waals surface area contributed by atoms with Gasteiger partial charge < -0.3 is 24.6 Å². The Bertz CT molecular complexity index is 213. The van der Waals surface area contributed by atoms with Crippen molar-refractivity contribution in [3.8, 4) is 0 Å². The molecule has 19 heavy (non-hydrogen) atoms. The maximum absolute atomic E-state index is 11.1. The third-order valence-electron chi connectivity index (χ3n) is 2.41. The summed E-state index contributed by atoms with van der Waals surface area (Å²) in [6.45, 7) is 5.27. The molecule has 0 aromatic rings. The fourth-order valence-electron chi connectivity index (χ4n) is 1.45. The molecule has 0 aliphatic carbocycles. The molecule has 1 unspecified atom stereocenters. The molecule has 0 saturated heterocycles. The third kappa shape index (κ3) is 13.5. The maximum atomic E-state index is 11.1. The topological polar surface area (TPSA) is 77.0 Å². The molecule has 0 heterocycles. The second kappa shape index (κ2) is 13.7. The predicted octanol–water partition coefficient (Wildman–Crippen LogP) is 0.333. The molecule has 0 amide bonds. The maximum Gasteiger partial charge on any atom is 0.308 e. The summed E-state index contributed by atoms with van der Waals surface area (Å²) in [5.41, 5.74) is 0. The van der Waals surface area contributed by atoms with Crippen LogP contribution in [0.25, 0.3) is 0 Å². The van der Waals surface area contributed by atoms with E-state index in [1.54, 1.807) is 14.0 Å². The van der Waals surface area contributed by atoms with Crippen molar-refractivity contribution in [2.75, 3.05) is 46.6 Å². The lowest BCUT2D eigenvalue weighted by molar-refractivity contribution is -0.145. The first-order chi connectivity index (χ1) is 9.20. The smallest absolute Gasteiger partial charge is 0.308 e. The minimum Gasteiger partial charge on any atom is -0.466 e. The number of rotatable bonds is 13. The van der Waals surface area contributed by atoms with Gasteiger partial charge in [0.05, 0.1) is 32.3 Å². The highest BCUT2D eigenvalue weighted by Crippen LogP contribution is 1.94. The van der Waals surface area contributed by atoms with Crippen LogP contribution in [0.3, 0.4) is 0 Å². The van der Waals surface area contributed by atoms with Gasteiger partial charge in [-0.05, 0) is 26.3 Å². The molecular weight excluding hydrogens is 250 g/mol. The van der Waals surface area contributed by atoms with E-state index in [1.165, 1.54) is 0 Å². The van der Waals surface area contributed by atoms with Gasteiger partial charge >= 0.3 is 5.97 Å². The van der Waals surface area contributed by atoms with E-state index in [2.05, 4.69) is 5.32 Å². The van der Waals surface area contributed by atoms with Crippen molar-refractivity contribution < 1.29 is 24.1 Å². The van der Waals surface area contributed by atoms with Crippen molar-refractivity contribution in [2.24, 2.45) is 0 Å². The van der Waals surface area contributed by atoms with E-state index in [1.807, 2.05) is 0 Å². The van der Waals surface area contributed by atoms with Crippen molar-refractivity contribution in [2.45, 2.75) is 32.3 Å². The summed E-state index contributed by atoms with van der Waals surface area (Å²) in [6, 6.07) is 0. The normalized spacial score (nSPS) is 12.4. The number of esters is 1. The summed E-state index contributed by atoms with van der Waals surface area (Å²) >= 11 is 0. The molecule has 2 N–H and O–H groups in total. The Morgan fingerprint density at radius 3 is 2.74 bits per heavy atom. The number of unbranched alkanes of at least 4 members (excludes halogenated alkanes) is 1. The standard InChI is InChI=1S/C13H27NO5/c1-3-19-13(16)10-12(15)11-14-6-4-5-7-18-9-8-17-2/h12,14-15H,3-11H2,1-2H3. The zero-order valence-corrected chi connectivity index (χ0v) is 12.0. The van der Waals surface area contributed by atoms with Crippen LogP contribution in [0.2, 0.25) is 0 Å². The van der Waals surface area contributed by atoms with E-state index in [0.717, 1.165) is 26.0 Å². The van der Waals surface area contributed by atoms with Gasteiger partial charge in [0.2, 0.25) is 0 Å². The number of aliphatic hydroxyl groups excluding tert-OH is 1. The SMILES string of the molecule is CCOC(=O)CC(O)CNCCCCOCCOC. The van der Waals surface area contributed by atoms with Crippen molar-refractivity contribution in [3.05, 3.63) is 0 Å². The van der Waals surface area contributed by atoms with Crippen LogP contribution in [0.1, 0.15) is 26.2 Å². The van der Waals surface area contributed by atoms with E-state index in [-0.39, 0.29) is 12.4 Å². The van der Waals surface area contributed by atoms with Crippen LogP contribution in [0, 0.1) is 0 Å². The Hall–Kier alpha value is -0.690. The van der Waals surface area contributed by atoms with Crippen LogP contribution >= 0.6 is 0 Å². The molecule has 1 atom stereocenters. The molecule has 0 spiro atoms. The molecule has 0 aliphatic heterocycles. The minimum atomic E-state index is -0.683. The van der Waals surface area contributed by atoms with E-state index < -0.39 is 6.10 Å². The largest absolute Gasteiger partial charge is 0.466 e. The predicted molar refractivity (Wildman–Crippen MR) is 72.1 cm³/mol. The van der Waals surface area contributed by atoms with E-state index >= 15 is 0 Å². The second-order valence-electron chi connectivity index (χ2n) is 4.18.